The summed E-state index contributed by atoms with van der Waals surface area (Å²) in [5, 5.41) is 0. The van der Waals surface area contributed by atoms with Gasteiger partial charge >= 0.3 is 5.97 Å². The molecular formula is C12H14BrFO2. The van der Waals surface area contributed by atoms with E-state index in [1.807, 2.05) is 6.92 Å². The molecule has 0 bridgehead atoms. The Balaban J connectivity index is 2.85. The van der Waals surface area contributed by atoms with E-state index in [1.54, 1.807) is 12.1 Å². The number of ether oxygens (including phenoxy) is 1. The van der Waals surface area contributed by atoms with Crippen molar-refractivity contribution in [1.82, 2.24) is 0 Å². The summed E-state index contributed by atoms with van der Waals surface area (Å²) in [6.07, 6.45) is 1.01. The quantitative estimate of drug-likeness (QED) is 0.795. The first-order valence-corrected chi connectivity index (χ1v) is 5.89. The molecule has 88 valence electrons. The number of hydrogen-bond acceptors (Lipinski definition) is 2. The number of carbonyl (C=O) groups excluding carboxylic acids is 1. The number of halogens is 2. The molecule has 0 spiro atoms. The van der Waals surface area contributed by atoms with Crippen molar-refractivity contribution >= 4 is 21.9 Å². The maximum Gasteiger partial charge on any atom is 0.308 e. The van der Waals surface area contributed by atoms with E-state index in [2.05, 4.69) is 20.7 Å². The number of benzene rings is 1. The normalized spacial score (nSPS) is 12.2. The maximum atomic E-state index is 13.5. The minimum absolute atomic E-state index is 0.284. The third-order valence-corrected chi connectivity index (χ3v) is 2.99. The summed E-state index contributed by atoms with van der Waals surface area (Å²) in [4.78, 5) is 11.4. The minimum Gasteiger partial charge on any atom is -0.469 e. The van der Waals surface area contributed by atoms with E-state index in [9.17, 15) is 9.18 Å². The second kappa shape index (κ2) is 5.99. The topological polar surface area (TPSA) is 26.3 Å². The average Bonchev–Trinajstić information content (AvgIpc) is 2.29. The second-order valence-corrected chi connectivity index (χ2v) is 4.48. The van der Waals surface area contributed by atoms with Crippen LogP contribution in [0.4, 0.5) is 4.39 Å². The van der Waals surface area contributed by atoms with Gasteiger partial charge in [-0.3, -0.25) is 4.79 Å². The molecule has 0 saturated heterocycles. The third kappa shape index (κ3) is 3.30. The molecule has 1 atom stereocenters. The van der Waals surface area contributed by atoms with E-state index in [4.69, 9.17) is 0 Å². The molecule has 1 aromatic carbocycles. The number of rotatable bonds is 4. The van der Waals surface area contributed by atoms with E-state index in [1.165, 1.54) is 13.2 Å². The molecule has 2 nitrogen and oxygen atoms in total. The van der Waals surface area contributed by atoms with Gasteiger partial charge in [0.2, 0.25) is 0 Å². The summed E-state index contributed by atoms with van der Waals surface area (Å²) < 4.78 is 18.9. The lowest BCUT2D eigenvalue weighted by Gasteiger charge is -2.12. The van der Waals surface area contributed by atoms with Crippen LogP contribution in [0.1, 0.15) is 18.9 Å². The molecule has 0 amide bonds. The van der Waals surface area contributed by atoms with Gasteiger partial charge in [-0.25, -0.2) is 4.39 Å². The van der Waals surface area contributed by atoms with Gasteiger partial charge in [0.1, 0.15) is 5.82 Å². The summed E-state index contributed by atoms with van der Waals surface area (Å²) in [6.45, 7) is 1.89. The lowest BCUT2D eigenvalue weighted by molar-refractivity contribution is -0.145. The number of methoxy groups -OCH3 is 1. The highest BCUT2D eigenvalue weighted by Crippen LogP contribution is 2.20. The van der Waals surface area contributed by atoms with Gasteiger partial charge in [-0.2, -0.15) is 0 Å². The Bertz CT molecular complexity index is 379. The predicted octanol–water partition coefficient (Wildman–Crippen LogP) is 3.33. The van der Waals surface area contributed by atoms with Crippen LogP contribution < -0.4 is 0 Å². The van der Waals surface area contributed by atoms with Crippen molar-refractivity contribution in [3.63, 3.8) is 0 Å². The average molecular weight is 289 g/mol. The molecule has 0 N–H and O–H groups in total. The van der Waals surface area contributed by atoms with Gasteiger partial charge in [-0.05, 0) is 36.6 Å². The van der Waals surface area contributed by atoms with Crippen LogP contribution in [0.15, 0.2) is 22.7 Å². The smallest absolute Gasteiger partial charge is 0.308 e. The van der Waals surface area contributed by atoms with Crippen LogP contribution in [0.5, 0.6) is 0 Å². The Kier molecular flexibility index (Phi) is 4.93. The minimum atomic E-state index is -0.290. The van der Waals surface area contributed by atoms with Crippen molar-refractivity contribution in [2.45, 2.75) is 19.8 Å². The van der Waals surface area contributed by atoms with Crippen LogP contribution in [0.3, 0.4) is 0 Å². The van der Waals surface area contributed by atoms with Crippen molar-refractivity contribution in [2.75, 3.05) is 7.11 Å². The summed E-state index contributed by atoms with van der Waals surface area (Å²) in [5.41, 5.74) is 0.534. The van der Waals surface area contributed by atoms with Gasteiger partial charge in [-0.15, -0.1) is 0 Å². The zero-order valence-electron chi connectivity index (χ0n) is 9.30. The standard InChI is InChI=1S/C12H14BrFO2/c1-3-8(12(15)16-2)6-9-7-10(13)4-5-11(9)14/h4-5,7-8H,3,6H2,1-2H3. The molecule has 0 aliphatic heterocycles. The summed E-state index contributed by atoms with van der Waals surface area (Å²) in [7, 11) is 1.35. The van der Waals surface area contributed by atoms with E-state index in [0.29, 0.717) is 18.4 Å². The number of carbonyl (C=O) groups is 1. The Labute approximate surface area is 103 Å². The fourth-order valence-corrected chi connectivity index (χ4v) is 1.93. The molecule has 0 fully saturated rings. The second-order valence-electron chi connectivity index (χ2n) is 3.57. The molecule has 16 heavy (non-hydrogen) atoms. The van der Waals surface area contributed by atoms with Crippen LogP contribution in [0.25, 0.3) is 0 Å². The van der Waals surface area contributed by atoms with Crippen LogP contribution in [0.2, 0.25) is 0 Å². The molecule has 4 heteroatoms. The fraction of sp³-hybridized carbons (Fsp3) is 0.417. The Morgan fingerprint density at radius 1 is 1.56 bits per heavy atom. The lowest BCUT2D eigenvalue weighted by atomic mass is 9.97. The van der Waals surface area contributed by atoms with Gasteiger partial charge in [0.15, 0.2) is 0 Å². The molecule has 0 radical (unpaired) electrons. The number of esters is 1. The first-order valence-electron chi connectivity index (χ1n) is 5.10. The molecule has 1 aromatic rings. The van der Waals surface area contributed by atoms with E-state index in [-0.39, 0.29) is 17.7 Å². The van der Waals surface area contributed by atoms with E-state index < -0.39 is 0 Å². The summed E-state index contributed by atoms with van der Waals surface area (Å²) in [5.74, 6) is -0.860. The third-order valence-electron chi connectivity index (χ3n) is 2.50. The predicted molar refractivity (Wildman–Crippen MR) is 63.6 cm³/mol. The van der Waals surface area contributed by atoms with Crippen LogP contribution in [0, 0.1) is 11.7 Å². The van der Waals surface area contributed by atoms with Crippen LogP contribution in [-0.4, -0.2) is 13.1 Å². The van der Waals surface area contributed by atoms with Gasteiger partial charge in [0.25, 0.3) is 0 Å². The SMILES string of the molecule is CCC(Cc1cc(Br)ccc1F)C(=O)OC. The molecule has 0 aliphatic carbocycles. The Morgan fingerprint density at radius 3 is 2.81 bits per heavy atom. The van der Waals surface area contributed by atoms with E-state index in [0.717, 1.165) is 4.47 Å². The summed E-state index contributed by atoms with van der Waals surface area (Å²) in [6, 6.07) is 4.72. The Morgan fingerprint density at radius 2 is 2.25 bits per heavy atom. The molecule has 0 aromatic heterocycles. The lowest BCUT2D eigenvalue weighted by Crippen LogP contribution is -2.18. The molecule has 0 aliphatic rings. The zero-order chi connectivity index (χ0) is 12.1. The maximum absolute atomic E-state index is 13.5. The van der Waals surface area contributed by atoms with Crippen molar-refractivity contribution in [2.24, 2.45) is 5.92 Å². The van der Waals surface area contributed by atoms with Gasteiger partial charge in [0.05, 0.1) is 13.0 Å². The molecule has 0 heterocycles. The molecule has 1 rings (SSSR count). The van der Waals surface area contributed by atoms with Crippen LogP contribution in [-0.2, 0) is 16.0 Å². The van der Waals surface area contributed by atoms with Crippen molar-refractivity contribution < 1.29 is 13.9 Å². The highest BCUT2D eigenvalue weighted by molar-refractivity contribution is 9.10. The van der Waals surface area contributed by atoms with Crippen molar-refractivity contribution in [1.29, 1.82) is 0 Å². The monoisotopic (exact) mass is 288 g/mol. The first kappa shape index (κ1) is 13.2. The van der Waals surface area contributed by atoms with Gasteiger partial charge < -0.3 is 4.74 Å². The van der Waals surface area contributed by atoms with Crippen LogP contribution >= 0.6 is 15.9 Å². The van der Waals surface area contributed by atoms with E-state index >= 15 is 0 Å². The summed E-state index contributed by atoms with van der Waals surface area (Å²) >= 11 is 3.28. The van der Waals surface area contributed by atoms with Crippen molar-refractivity contribution in [3.05, 3.63) is 34.1 Å². The molecular weight excluding hydrogens is 275 g/mol. The molecule has 1 unspecified atom stereocenters. The highest BCUT2D eigenvalue weighted by Gasteiger charge is 2.19. The Hall–Kier alpha value is -0.900. The number of hydrogen-bond donors (Lipinski definition) is 0. The largest absolute Gasteiger partial charge is 0.469 e. The van der Waals surface area contributed by atoms with Gasteiger partial charge in [-0.1, -0.05) is 22.9 Å². The van der Waals surface area contributed by atoms with Crippen molar-refractivity contribution in [3.8, 4) is 0 Å². The fourth-order valence-electron chi connectivity index (χ4n) is 1.53. The first-order chi connectivity index (χ1) is 7.58. The zero-order valence-corrected chi connectivity index (χ0v) is 10.9. The molecule has 0 saturated carbocycles. The highest BCUT2D eigenvalue weighted by atomic mass is 79.9. The van der Waals surface area contributed by atoms with Gasteiger partial charge in [0, 0.05) is 4.47 Å².